The summed E-state index contributed by atoms with van der Waals surface area (Å²) in [5.41, 5.74) is 6.16. The zero-order chi connectivity index (χ0) is 29.6. The van der Waals surface area contributed by atoms with Crippen molar-refractivity contribution in [3.8, 4) is 23.0 Å². The van der Waals surface area contributed by atoms with Crippen molar-refractivity contribution in [3.05, 3.63) is 87.4 Å². The number of rotatable bonds is 12. The van der Waals surface area contributed by atoms with E-state index in [1.807, 2.05) is 73.3 Å². The van der Waals surface area contributed by atoms with Gasteiger partial charge in [-0.1, -0.05) is 35.9 Å². The zero-order valence-corrected chi connectivity index (χ0v) is 25.6. The number of halogens is 1. The predicted molar refractivity (Wildman–Crippen MR) is 166 cm³/mol. The molecule has 2 aliphatic rings. The molecule has 1 saturated carbocycles. The van der Waals surface area contributed by atoms with E-state index in [1.54, 1.807) is 14.2 Å². The first-order valence-corrected chi connectivity index (χ1v) is 14.8. The van der Waals surface area contributed by atoms with Crippen LogP contribution in [0.3, 0.4) is 0 Å². The minimum absolute atomic E-state index is 0.0760. The lowest BCUT2D eigenvalue weighted by atomic mass is 9.93. The van der Waals surface area contributed by atoms with Gasteiger partial charge in [-0.2, -0.15) is 0 Å². The van der Waals surface area contributed by atoms with Crippen LogP contribution < -0.4 is 24.3 Å². The molecule has 1 heterocycles. The van der Waals surface area contributed by atoms with E-state index < -0.39 is 0 Å². The molecule has 0 radical (unpaired) electrons. The van der Waals surface area contributed by atoms with Gasteiger partial charge in [-0.15, -0.1) is 0 Å². The van der Waals surface area contributed by atoms with E-state index >= 15 is 0 Å². The Balaban J connectivity index is 1.27. The fraction of sp³-hybridized carbons (Fsp3) is 0.382. The van der Waals surface area contributed by atoms with Gasteiger partial charge in [-0.3, -0.25) is 4.79 Å². The van der Waals surface area contributed by atoms with Gasteiger partial charge in [0.2, 0.25) is 0 Å². The molecule has 3 aromatic rings. The molecule has 1 aliphatic heterocycles. The molecule has 0 atom stereocenters. The summed E-state index contributed by atoms with van der Waals surface area (Å²) in [5.74, 6) is 2.83. The molecule has 1 fully saturated rings. The maximum Gasteiger partial charge on any atom is 0.251 e. The molecular formula is C34H39ClN2O5. The van der Waals surface area contributed by atoms with Crippen molar-refractivity contribution < 1.29 is 23.7 Å². The second-order valence-electron chi connectivity index (χ2n) is 10.8. The van der Waals surface area contributed by atoms with E-state index in [0.717, 1.165) is 65.0 Å². The second kappa shape index (κ2) is 13.5. The molecule has 8 heteroatoms. The number of carbonyl (C=O) groups excluding carboxylic acids is 1. The smallest absolute Gasteiger partial charge is 0.251 e. The molecule has 0 spiro atoms. The SMILES string of the molecule is COc1cccc(CN(C(=O)C2=C(c3ccc(OCCOc4cc(C)c(C)cc4Cl)cc3)CCNC2)C2CC2)c1OC. The third-order valence-corrected chi connectivity index (χ3v) is 8.21. The quantitative estimate of drug-likeness (QED) is 0.247. The molecule has 0 unspecified atom stereocenters. The predicted octanol–water partition coefficient (Wildman–Crippen LogP) is 6.37. The Bertz CT molecular complexity index is 1450. The molecule has 0 bridgehead atoms. The van der Waals surface area contributed by atoms with Crippen LogP contribution in [0.15, 0.2) is 60.2 Å². The van der Waals surface area contributed by atoms with Crippen LogP contribution in [0.2, 0.25) is 5.02 Å². The number of benzene rings is 3. The summed E-state index contributed by atoms with van der Waals surface area (Å²) in [6, 6.07) is 17.9. The lowest BCUT2D eigenvalue weighted by Gasteiger charge is -2.29. The van der Waals surface area contributed by atoms with E-state index in [-0.39, 0.29) is 11.9 Å². The number of amides is 1. The van der Waals surface area contributed by atoms with E-state index in [1.165, 1.54) is 0 Å². The van der Waals surface area contributed by atoms with Gasteiger partial charge in [-0.25, -0.2) is 0 Å². The summed E-state index contributed by atoms with van der Waals surface area (Å²) in [6.07, 6.45) is 2.81. The van der Waals surface area contributed by atoms with E-state index in [4.69, 9.17) is 30.5 Å². The van der Waals surface area contributed by atoms with Crippen LogP contribution in [-0.2, 0) is 11.3 Å². The number of carbonyl (C=O) groups is 1. The highest BCUT2D eigenvalue weighted by atomic mass is 35.5. The Morgan fingerprint density at radius 2 is 1.69 bits per heavy atom. The van der Waals surface area contributed by atoms with Crippen molar-refractivity contribution >= 4 is 23.1 Å². The van der Waals surface area contributed by atoms with Gasteiger partial charge < -0.3 is 29.2 Å². The average molecular weight is 591 g/mol. The number of hydrogen-bond acceptors (Lipinski definition) is 6. The fourth-order valence-electron chi connectivity index (χ4n) is 5.32. The van der Waals surface area contributed by atoms with Gasteiger partial charge in [0.05, 0.1) is 25.8 Å². The normalized spacial score (nSPS) is 14.9. The Morgan fingerprint density at radius 1 is 0.952 bits per heavy atom. The Morgan fingerprint density at radius 3 is 2.40 bits per heavy atom. The van der Waals surface area contributed by atoms with Crippen LogP contribution in [0.4, 0.5) is 0 Å². The number of aryl methyl sites for hydroxylation is 2. The number of nitrogens with one attached hydrogen (secondary N) is 1. The fourth-order valence-corrected chi connectivity index (χ4v) is 5.60. The topological polar surface area (TPSA) is 69.3 Å². The van der Waals surface area contributed by atoms with Crippen molar-refractivity contribution in [3.63, 3.8) is 0 Å². The first-order chi connectivity index (χ1) is 20.4. The maximum atomic E-state index is 14.1. The lowest BCUT2D eigenvalue weighted by molar-refractivity contribution is -0.128. The third-order valence-electron chi connectivity index (χ3n) is 7.91. The van der Waals surface area contributed by atoms with E-state index in [0.29, 0.717) is 48.6 Å². The monoisotopic (exact) mass is 590 g/mol. The molecule has 0 aromatic heterocycles. The number of methoxy groups -OCH3 is 2. The van der Waals surface area contributed by atoms with Crippen LogP contribution >= 0.6 is 11.6 Å². The summed E-state index contributed by atoms with van der Waals surface area (Å²) in [7, 11) is 3.26. The summed E-state index contributed by atoms with van der Waals surface area (Å²) < 4.78 is 22.9. The zero-order valence-electron chi connectivity index (χ0n) is 24.8. The van der Waals surface area contributed by atoms with Crippen molar-refractivity contribution in [2.75, 3.05) is 40.5 Å². The first-order valence-electron chi connectivity index (χ1n) is 14.5. The average Bonchev–Trinajstić information content (AvgIpc) is 3.86. The molecule has 1 aliphatic carbocycles. The third kappa shape index (κ3) is 6.85. The number of nitrogens with zero attached hydrogens (tertiary/aromatic N) is 1. The summed E-state index contributed by atoms with van der Waals surface area (Å²) in [4.78, 5) is 16.1. The molecule has 222 valence electrons. The lowest BCUT2D eigenvalue weighted by Crippen LogP contribution is -2.39. The maximum absolute atomic E-state index is 14.1. The number of hydrogen-bond donors (Lipinski definition) is 1. The van der Waals surface area contributed by atoms with Crippen LogP contribution in [0.25, 0.3) is 5.57 Å². The second-order valence-corrected chi connectivity index (χ2v) is 11.2. The molecule has 5 rings (SSSR count). The molecule has 7 nitrogen and oxygen atoms in total. The number of ether oxygens (including phenoxy) is 4. The number of para-hydroxylation sites is 1. The van der Waals surface area contributed by atoms with Crippen molar-refractivity contribution in [2.45, 2.75) is 45.7 Å². The Labute approximate surface area is 253 Å². The summed E-state index contributed by atoms with van der Waals surface area (Å²) in [5, 5.41) is 4.01. The molecule has 0 saturated heterocycles. The van der Waals surface area contributed by atoms with Gasteiger partial charge in [0, 0.05) is 23.7 Å². The highest BCUT2D eigenvalue weighted by Crippen LogP contribution is 2.37. The van der Waals surface area contributed by atoms with E-state index in [2.05, 4.69) is 5.32 Å². The van der Waals surface area contributed by atoms with Gasteiger partial charge in [0.25, 0.3) is 5.91 Å². The van der Waals surface area contributed by atoms with Gasteiger partial charge in [-0.05, 0) is 92.2 Å². The molecule has 3 aromatic carbocycles. The molecule has 1 amide bonds. The minimum Gasteiger partial charge on any atom is -0.493 e. The highest BCUT2D eigenvalue weighted by molar-refractivity contribution is 6.32. The minimum atomic E-state index is 0.0760. The highest BCUT2D eigenvalue weighted by Gasteiger charge is 2.36. The molecular weight excluding hydrogens is 552 g/mol. The van der Waals surface area contributed by atoms with Gasteiger partial charge in [0.1, 0.15) is 24.7 Å². The summed E-state index contributed by atoms with van der Waals surface area (Å²) in [6.45, 7) is 6.69. The molecule has 42 heavy (non-hydrogen) atoms. The van der Waals surface area contributed by atoms with Crippen LogP contribution in [-0.4, -0.2) is 57.4 Å². The van der Waals surface area contributed by atoms with Gasteiger partial charge >= 0.3 is 0 Å². The largest absolute Gasteiger partial charge is 0.493 e. The van der Waals surface area contributed by atoms with Crippen LogP contribution in [0.1, 0.15) is 41.5 Å². The van der Waals surface area contributed by atoms with Crippen LogP contribution in [0, 0.1) is 13.8 Å². The summed E-state index contributed by atoms with van der Waals surface area (Å²) >= 11 is 6.32. The van der Waals surface area contributed by atoms with Crippen molar-refractivity contribution in [1.29, 1.82) is 0 Å². The van der Waals surface area contributed by atoms with Crippen molar-refractivity contribution in [1.82, 2.24) is 10.2 Å². The van der Waals surface area contributed by atoms with Gasteiger partial charge in [0.15, 0.2) is 11.5 Å². The van der Waals surface area contributed by atoms with Crippen LogP contribution in [0.5, 0.6) is 23.0 Å². The Kier molecular flexibility index (Phi) is 9.60. The Hall–Kier alpha value is -3.68. The van der Waals surface area contributed by atoms with Crippen molar-refractivity contribution in [2.24, 2.45) is 0 Å². The molecule has 1 N–H and O–H groups in total. The van der Waals surface area contributed by atoms with E-state index in [9.17, 15) is 4.79 Å². The first kappa shape index (κ1) is 29.8. The standard InChI is InChI=1S/C34H39ClN2O5/c1-22-18-30(35)32(19-23(22)2)42-17-16-41-27-12-8-24(9-13-27)28-14-15-36-20-29(28)34(38)37(26-10-11-26)21-25-6-5-7-31(39-3)33(25)40-4/h5-9,12-13,18-19,26,36H,10-11,14-17,20-21H2,1-4H3.